The number of carbonyl (C=O) groups is 1. The Balaban J connectivity index is 1.49. The molecule has 0 aliphatic heterocycles. The highest BCUT2D eigenvalue weighted by Gasteiger charge is 2.28. The molecule has 0 saturated heterocycles. The summed E-state index contributed by atoms with van der Waals surface area (Å²) >= 11 is 0. The van der Waals surface area contributed by atoms with E-state index in [-0.39, 0.29) is 25.2 Å². The number of nitrogens with two attached hydrogens (primary N) is 1. The van der Waals surface area contributed by atoms with Gasteiger partial charge in [-0.05, 0) is 75.1 Å². The molecule has 0 spiro atoms. The van der Waals surface area contributed by atoms with Gasteiger partial charge in [-0.1, -0.05) is 36.4 Å². The molecule has 1 aliphatic rings. The van der Waals surface area contributed by atoms with Crippen molar-refractivity contribution in [2.24, 2.45) is 11.7 Å². The van der Waals surface area contributed by atoms with E-state index in [1.54, 1.807) is 25.1 Å². The quantitative estimate of drug-likeness (QED) is 0.401. The Morgan fingerprint density at radius 3 is 2.54 bits per heavy atom. The number of fused-ring (bicyclic) bond motifs is 1. The number of β-amino-alcohol motifs (C(OH)–C–C–N with tert-alkyl or cyclic N) is 1. The Bertz CT molecular complexity index is 1020. The Hall–Kier alpha value is -2.92. The molecular weight excluding hydrogens is 442 g/mol. The third kappa shape index (κ3) is 7.53. The van der Waals surface area contributed by atoms with Gasteiger partial charge in [-0.15, -0.1) is 0 Å². The maximum atomic E-state index is 11.9. The van der Waals surface area contributed by atoms with Crippen LogP contribution in [-0.4, -0.2) is 48.5 Å². The van der Waals surface area contributed by atoms with Gasteiger partial charge in [0.2, 0.25) is 0 Å². The lowest BCUT2D eigenvalue weighted by molar-refractivity contribution is -0.144. The number of benzene rings is 2. The maximum absolute atomic E-state index is 11.9. The summed E-state index contributed by atoms with van der Waals surface area (Å²) in [6, 6.07) is 15.1. The van der Waals surface area contributed by atoms with Crippen LogP contribution in [0.3, 0.4) is 0 Å². The first kappa shape index (κ1) is 26.7. The summed E-state index contributed by atoms with van der Waals surface area (Å²) in [4.78, 5) is 11.9. The lowest BCUT2D eigenvalue weighted by Gasteiger charge is -2.30. The normalized spacial score (nSPS) is 15.2. The van der Waals surface area contributed by atoms with E-state index in [0.717, 1.165) is 19.3 Å². The van der Waals surface area contributed by atoms with Crippen molar-refractivity contribution in [3.63, 3.8) is 0 Å². The van der Waals surface area contributed by atoms with Crippen molar-refractivity contribution in [2.45, 2.75) is 64.1 Å². The molecule has 0 amide bonds. The van der Waals surface area contributed by atoms with Crippen LogP contribution in [0.2, 0.25) is 0 Å². The molecule has 7 nitrogen and oxygen atoms in total. The predicted octanol–water partition coefficient (Wildman–Crippen LogP) is 2.90. The zero-order chi connectivity index (χ0) is 25.4. The summed E-state index contributed by atoms with van der Waals surface area (Å²) in [5, 5.41) is 23.7. The average molecular weight is 480 g/mol. The van der Waals surface area contributed by atoms with Gasteiger partial charge in [-0.3, -0.25) is 4.79 Å². The minimum Gasteiger partial charge on any atom is -0.489 e. The van der Waals surface area contributed by atoms with E-state index < -0.39 is 18.1 Å². The molecule has 0 saturated carbocycles. The molecule has 0 unspecified atom stereocenters. The van der Waals surface area contributed by atoms with Crippen molar-refractivity contribution in [1.82, 2.24) is 5.32 Å². The van der Waals surface area contributed by atoms with Crippen LogP contribution in [0.4, 0.5) is 0 Å². The first-order valence-electron chi connectivity index (χ1n) is 12.3. The highest BCUT2D eigenvalue weighted by Crippen LogP contribution is 2.32. The van der Waals surface area contributed by atoms with E-state index in [0.29, 0.717) is 29.3 Å². The molecule has 2 aromatic rings. The SMILES string of the molecule is CCOC(=O)[C@@H](N)Cc1cccc(OC[C@@H](O)CNC(C)(C)CC2Cc3ccccc3C2)c1C#N. The molecule has 0 bridgehead atoms. The Kier molecular flexibility index (Phi) is 9.27. The molecule has 188 valence electrons. The van der Waals surface area contributed by atoms with Gasteiger partial charge >= 0.3 is 5.97 Å². The second kappa shape index (κ2) is 12.2. The van der Waals surface area contributed by atoms with Crippen molar-refractivity contribution >= 4 is 5.97 Å². The standard InChI is InChI=1S/C28H37N3O4/c1-4-34-27(33)25(30)14-22-10-7-11-26(24(22)16-29)35-18-23(32)17-31-28(2,3)15-19-12-20-8-5-6-9-21(20)13-19/h5-11,19,23,25,31-32H,4,12-15,17-18,30H2,1-3H3/t23-,25-/m0/s1. The Morgan fingerprint density at radius 1 is 1.23 bits per heavy atom. The van der Waals surface area contributed by atoms with Crippen molar-refractivity contribution in [3.8, 4) is 11.8 Å². The van der Waals surface area contributed by atoms with E-state index in [1.807, 2.05) is 0 Å². The smallest absolute Gasteiger partial charge is 0.323 e. The number of nitrogens with one attached hydrogen (secondary N) is 1. The van der Waals surface area contributed by atoms with Crippen LogP contribution >= 0.6 is 0 Å². The molecule has 4 N–H and O–H groups in total. The molecular formula is C28H37N3O4. The molecule has 2 aromatic carbocycles. The van der Waals surface area contributed by atoms with Crippen LogP contribution in [0.1, 0.15) is 49.4 Å². The highest BCUT2D eigenvalue weighted by molar-refractivity contribution is 5.76. The van der Waals surface area contributed by atoms with Crippen LogP contribution in [0.25, 0.3) is 0 Å². The van der Waals surface area contributed by atoms with Crippen molar-refractivity contribution in [3.05, 3.63) is 64.7 Å². The number of nitriles is 1. The summed E-state index contributed by atoms with van der Waals surface area (Å²) in [6.07, 6.45) is 2.63. The number of aliphatic hydroxyl groups is 1. The van der Waals surface area contributed by atoms with Crippen LogP contribution in [0.15, 0.2) is 42.5 Å². The summed E-state index contributed by atoms with van der Waals surface area (Å²) in [5.41, 5.74) is 9.60. The first-order valence-corrected chi connectivity index (χ1v) is 12.3. The number of aliphatic hydroxyl groups excluding tert-OH is 1. The fraction of sp³-hybridized carbons (Fsp3) is 0.500. The average Bonchev–Trinajstić information content (AvgIpc) is 3.23. The number of ether oxygens (including phenoxy) is 2. The van der Waals surface area contributed by atoms with Crippen LogP contribution in [0, 0.1) is 17.2 Å². The van der Waals surface area contributed by atoms with Crippen LogP contribution in [0.5, 0.6) is 5.75 Å². The van der Waals surface area contributed by atoms with Crippen molar-refractivity contribution in [2.75, 3.05) is 19.8 Å². The van der Waals surface area contributed by atoms with Crippen LogP contribution < -0.4 is 15.8 Å². The monoisotopic (exact) mass is 479 g/mol. The third-order valence-corrected chi connectivity index (χ3v) is 6.44. The minimum atomic E-state index is -0.859. The molecule has 7 heteroatoms. The molecule has 0 aromatic heterocycles. The summed E-state index contributed by atoms with van der Waals surface area (Å²) in [5.74, 6) is 0.446. The molecule has 0 heterocycles. The number of hydrogen-bond donors (Lipinski definition) is 3. The van der Waals surface area contributed by atoms with E-state index in [4.69, 9.17) is 15.2 Å². The van der Waals surface area contributed by atoms with Gasteiger partial charge in [0.1, 0.15) is 30.6 Å². The lowest BCUT2D eigenvalue weighted by Crippen LogP contribution is -2.46. The van der Waals surface area contributed by atoms with E-state index in [1.165, 1.54) is 11.1 Å². The van der Waals surface area contributed by atoms with E-state index >= 15 is 0 Å². The fourth-order valence-electron chi connectivity index (χ4n) is 4.79. The summed E-state index contributed by atoms with van der Waals surface area (Å²) < 4.78 is 10.7. The number of rotatable bonds is 12. The lowest BCUT2D eigenvalue weighted by atomic mass is 9.88. The molecule has 0 fully saturated rings. The Morgan fingerprint density at radius 2 is 1.91 bits per heavy atom. The third-order valence-electron chi connectivity index (χ3n) is 6.44. The Labute approximate surface area is 208 Å². The van der Waals surface area contributed by atoms with Gasteiger partial charge in [0.05, 0.1) is 12.2 Å². The van der Waals surface area contributed by atoms with E-state index in [2.05, 4.69) is 49.5 Å². The molecule has 0 radical (unpaired) electrons. The van der Waals surface area contributed by atoms with Gasteiger partial charge < -0.3 is 25.6 Å². The highest BCUT2D eigenvalue weighted by atomic mass is 16.5. The predicted molar refractivity (Wildman–Crippen MR) is 135 cm³/mol. The second-order valence-electron chi connectivity index (χ2n) is 9.94. The topological polar surface area (TPSA) is 118 Å². The fourth-order valence-corrected chi connectivity index (χ4v) is 4.79. The van der Waals surface area contributed by atoms with Crippen molar-refractivity contribution in [1.29, 1.82) is 5.26 Å². The molecule has 2 atom stereocenters. The zero-order valence-corrected chi connectivity index (χ0v) is 20.9. The van der Waals surface area contributed by atoms with Gasteiger partial charge in [-0.25, -0.2) is 0 Å². The number of nitrogens with zero attached hydrogens (tertiary/aromatic N) is 1. The second-order valence-corrected chi connectivity index (χ2v) is 9.94. The maximum Gasteiger partial charge on any atom is 0.323 e. The molecule has 1 aliphatic carbocycles. The largest absolute Gasteiger partial charge is 0.489 e. The van der Waals surface area contributed by atoms with Crippen LogP contribution in [-0.2, 0) is 28.8 Å². The van der Waals surface area contributed by atoms with E-state index in [9.17, 15) is 15.2 Å². The van der Waals surface area contributed by atoms with Gasteiger partial charge in [-0.2, -0.15) is 5.26 Å². The zero-order valence-electron chi connectivity index (χ0n) is 20.9. The van der Waals surface area contributed by atoms with Gasteiger partial charge in [0, 0.05) is 12.1 Å². The van der Waals surface area contributed by atoms with Gasteiger partial charge in [0.25, 0.3) is 0 Å². The number of carbonyl (C=O) groups excluding carboxylic acids is 1. The molecule has 35 heavy (non-hydrogen) atoms. The van der Waals surface area contributed by atoms with Gasteiger partial charge in [0.15, 0.2) is 0 Å². The van der Waals surface area contributed by atoms with Crippen molar-refractivity contribution < 1.29 is 19.4 Å². The number of esters is 1. The minimum absolute atomic E-state index is 0.0417. The summed E-state index contributed by atoms with van der Waals surface area (Å²) in [6.45, 7) is 6.70. The number of hydrogen-bond acceptors (Lipinski definition) is 7. The first-order chi connectivity index (χ1) is 16.7. The summed E-state index contributed by atoms with van der Waals surface area (Å²) in [7, 11) is 0. The molecule has 3 rings (SSSR count).